The van der Waals surface area contributed by atoms with Crippen LogP contribution in [0.4, 0.5) is 8.78 Å². The first-order chi connectivity index (χ1) is 7.65. The van der Waals surface area contributed by atoms with Gasteiger partial charge in [0.2, 0.25) is 0 Å². The smallest absolute Gasteiger partial charge is 0.159 e. The molecule has 88 valence electrons. The number of halogens is 2. The largest absolute Gasteiger partial charge is 0.394 e. The highest BCUT2D eigenvalue weighted by Crippen LogP contribution is 2.31. The molecule has 1 aliphatic rings. The maximum absolute atomic E-state index is 12.9. The van der Waals surface area contributed by atoms with E-state index in [0.29, 0.717) is 12.1 Å². The Balaban J connectivity index is 1.96. The predicted octanol–water partition coefficient (Wildman–Crippen LogP) is 1.97. The molecule has 0 bridgehead atoms. The molecule has 0 heterocycles. The fourth-order valence-corrected chi connectivity index (χ4v) is 1.93. The van der Waals surface area contributed by atoms with Gasteiger partial charge in [-0.15, -0.1) is 0 Å². The van der Waals surface area contributed by atoms with Crippen molar-refractivity contribution >= 4 is 0 Å². The summed E-state index contributed by atoms with van der Waals surface area (Å²) in [5.74, 6) is -1.66. The standard InChI is InChI=1S/C12H15F2NO/c13-10-3-2-9(6-11(10)14)7-15-12(8-16)4-1-5-12/h2-3,6,15-16H,1,4-5,7-8H2. The van der Waals surface area contributed by atoms with Crippen LogP contribution in [0.25, 0.3) is 0 Å². The summed E-state index contributed by atoms with van der Waals surface area (Å²) < 4.78 is 25.6. The van der Waals surface area contributed by atoms with E-state index >= 15 is 0 Å². The van der Waals surface area contributed by atoms with E-state index in [2.05, 4.69) is 5.32 Å². The molecule has 0 saturated heterocycles. The molecule has 0 radical (unpaired) electrons. The van der Waals surface area contributed by atoms with Crippen molar-refractivity contribution in [3.05, 3.63) is 35.4 Å². The number of hydrogen-bond donors (Lipinski definition) is 2. The number of aliphatic hydroxyl groups is 1. The van der Waals surface area contributed by atoms with E-state index in [4.69, 9.17) is 0 Å². The van der Waals surface area contributed by atoms with E-state index in [1.165, 1.54) is 6.07 Å². The van der Waals surface area contributed by atoms with E-state index in [1.807, 2.05) is 0 Å². The summed E-state index contributed by atoms with van der Waals surface area (Å²) in [7, 11) is 0. The molecule has 1 aromatic rings. The van der Waals surface area contributed by atoms with Crippen molar-refractivity contribution in [3.8, 4) is 0 Å². The number of rotatable bonds is 4. The molecule has 0 spiro atoms. The third-order valence-electron chi connectivity index (χ3n) is 3.26. The molecule has 0 atom stereocenters. The van der Waals surface area contributed by atoms with Crippen molar-refractivity contribution in [1.82, 2.24) is 5.32 Å². The van der Waals surface area contributed by atoms with Gasteiger partial charge in [-0.3, -0.25) is 0 Å². The fraction of sp³-hybridized carbons (Fsp3) is 0.500. The van der Waals surface area contributed by atoms with Crippen LogP contribution in [-0.2, 0) is 6.54 Å². The number of benzene rings is 1. The number of nitrogens with one attached hydrogen (secondary N) is 1. The van der Waals surface area contributed by atoms with Crippen LogP contribution >= 0.6 is 0 Å². The minimum absolute atomic E-state index is 0.0939. The molecule has 1 saturated carbocycles. The Morgan fingerprint density at radius 2 is 2.00 bits per heavy atom. The first kappa shape index (κ1) is 11.5. The van der Waals surface area contributed by atoms with Gasteiger partial charge in [0, 0.05) is 12.1 Å². The van der Waals surface area contributed by atoms with Gasteiger partial charge in [-0.2, -0.15) is 0 Å². The minimum atomic E-state index is -0.829. The molecule has 2 rings (SSSR count). The number of aliphatic hydroxyl groups excluding tert-OH is 1. The van der Waals surface area contributed by atoms with Crippen molar-refractivity contribution in [2.45, 2.75) is 31.3 Å². The molecule has 1 fully saturated rings. The van der Waals surface area contributed by atoms with Gasteiger partial charge >= 0.3 is 0 Å². The van der Waals surface area contributed by atoms with Crippen LogP contribution in [0.3, 0.4) is 0 Å². The second-order valence-corrected chi connectivity index (χ2v) is 4.39. The van der Waals surface area contributed by atoms with Crippen LogP contribution < -0.4 is 5.32 Å². The van der Waals surface area contributed by atoms with Gasteiger partial charge in [0.25, 0.3) is 0 Å². The van der Waals surface area contributed by atoms with Crippen LogP contribution in [0.15, 0.2) is 18.2 Å². The van der Waals surface area contributed by atoms with E-state index in [0.717, 1.165) is 25.3 Å². The fourth-order valence-electron chi connectivity index (χ4n) is 1.93. The van der Waals surface area contributed by atoms with Crippen molar-refractivity contribution < 1.29 is 13.9 Å². The van der Waals surface area contributed by atoms with Crippen molar-refractivity contribution in [2.75, 3.05) is 6.61 Å². The highest BCUT2D eigenvalue weighted by atomic mass is 19.2. The Morgan fingerprint density at radius 1 is 1.25 bits per heavy atom. The molecule has 16 heavy (non-hydrogen) atoms. The Labute approximate surface area is 93.3 Å². The van der Waals surface area contributed by atoms with Gasteiger partial charge in [0.05, 0.1) is 6.61 Å². The first-order valence-electron chi connectivity index (χ1n) is 5.45. The van der Waals surface area contributed by atoms with Crippen molar-refractivity contribution in [1.29, 1.82) is 0 Å². The molecule has 0 aromatic heterocycles. The van der Waals surface area contributed by atoms with Gasteiger partial charge in [-0.05, 0) is 37.0 Å². The van der Waals surface area contributed by atoms with Crippen LogP contribution in [0.5, 0.6) is 0 Å². The summed E-state index contributed by atoms with van der Waals surface area (Å²) in [4.78, 5) is 0. The molecule has 0 amide bonds. The zero-order chi connectivity index (χ0) is 11.6. The van der Waals surface area contributed by atoms with Crippen molar-refractivity contribution in [2.24, 2.45) is 0 Å². The topological polar surface area (TPSA) is 32.3 Å². The lowest BCUT2D eigenvalue weighted by Gasteiger charge is -2.41. The Hall–Kier alpha value is -1.00. The third-order valence-corrected chi connectivity index (χ3v) is 3.26. The lowest BCUT2D eigenvalue weighted by molar-refractivity contribution is 0.0872. The molecule has 1 aromatic carbocycles. The zero-order valence-electron chi connectivity index (χ0n) is 8.97. The Bertz CT molecular complexity index is 372. The van der Waals surface area contributed by atoms with E-state index in [9.17, 15) is 13.9 Å². The zero-order valence-corrected chi connectivity index (χ0v) is 8.97. The van der Waals surface area contributed by atoms with Gasteiger partial charge in [-0.1, -0.05) is 6.07 Å². The molecule has 1 aliphatic carbocycles. The molecule has 0 aliphatic heterocycles. The summed E-state index contributed by atoms with van der Waals surface area (Å²) in [5.41, 5.74) is 0.490. The average molecular weight is 227 g/mol. The lowest BCUT2D eigenvalue weighted by atomic mass is 9.77. The molecule has 2 nitrogen and oxygen atoms in total. The van der Waals surface area contributed by atoms with Crippen LogP contribution in [-0.4, -0.2) is 17.3 Å². The maximum Gasteiger partial charge on any atom is 0.159 e. The molecular weight excluding hydrogens is 212 g/mol. The first-order valence-corrected chi connectivity index (χ1v) is 5.45. The van der Waals surface area contributed by atoms with Gasteiger partial charge in [-0.25, -0.2) is 8.78 Å². The van der Waals surface area contributed by atoms with E-state index in [-0.39, 0.29) is 12.1 Å². The van der Waals surface area contributed by atoms with Crippen LogP contribution in [0.2, 0.25) is 0 Å². The summed E-state index contributed by atoms with van der Waals surface area (Å²) in [6.45, 7) is 0.550. The van der Waals surface area contributed by atoms with Crippen LogP contribution in [0, 0.1) is 11.6 Å². The van der Waals surface area contributed by atoms with Gasteiger partial charge in [0.15, 0.2) is 11.6 Å². The maximum atomic E-state index is 12.9. The second kappa shape index (κ2) is 4.47. The Morgan fingerprint density at radius 3 is 2.50 bits per heavy atom. The van der Waals surface area contributed by atoms with Gasteiger partial charge < -0.3 is 10.4 Å². The Kier molecular flexibility index (Phi) is 3.21. The molecule has 2 N–H and O–H groups in total. The van der Waals surface area contributed by atoms with E-state index in [1.54, 1.807) is 6.07 Å². The highest BCUT2D eigenvalue weighted by molar-refractivity contribution is 5.18. The summed E-state index contributed by atoms with van der Waals surface area (Å²) in [6, 6.07) is 3.86. The second-order valence-electron chi connectivity index (χ2n) is 4.39. The molecule has 0 unspecified atom stereocenters. The minimum Gasteiger partial charge on any atom is -0.394 e. The van der Waals surface area contributed by atoms with E-state index < -0.39 is 11.6 Å². The summed E-state index contributed by atoms with van der Waals surface area (Å²) in [5, 5.41) is 12.4. The average Bonchev–Trinajstić information content (AvgIpc) is 2.22. The summed E-state index contributed by atoms with van der Waals surface area (Å²) >= 11 is 0. The molecular formula is C12H15F2NO. The number of hydrogen-bond acceptors (Lipinski definition) is 2. The third kappa shape index (κ3) is 2.23. The molecule has 4 heteroatoms. The normalized spacial score (nSPS) is 18.2. The quantitative estimate of drug-likeness (QED) is 0.824. The monoisotopic (exact) mass is 227 g/mol. The van der Waals surface area contributed by atoms with Crippen molar-refractivity contribution in [3.63, 3.8) is 0 Å². The van der Waals surface area contributed by atoms with Gasteiger partial charge in [0.1, 0.15) is 0 Å². The highest BCUT2D eigenvalue weighted by Gasteiger charge is 2.35. The SMILES string of the molecule is OCC1(NCc2ccc(F)c(F)c2)CCC1. The lowest BCUT2D eigenvalue weighted by Crippen LogP contribution is -2.53. The predicted molar refractivity (Wildman–Crippen MR) is 56.9 cm³/mol. The summed E-state index contributed by atoms with van der Waals surface area (Å²) in [6.07, 6.45) is 2.98. The van der Waals surface area contributed by atoms with Crippen LogP contribution in [0.1, 0.15) is 24.8 Å².